The number of hydrazine groups is 1. The molecule has 0 amide bonds. The molecule has 2 aromatic heterocycles. The Morgan fingerprint density at radius 1 is 1.39 bits per heavy atom. The van der Waals surface area contributed by atoms with E-state index in [0.717, 1.165) is 27.4 Å². The second-order valence-corrected chi connectivity index (χ2v) is 4.87. The molecule has 2 heterocycles. The minimum absolute atomic E-state index is 0.578. The van der Waals surface area contributed by atoms with Crippen molar-refractivity contribution < 1.29 is 4.42 Å². The van der Waals surface area contributed by atoms with Gasteiger partial charge in [-0.2, -0.15) is 0 Å². The van der Waals surface area contributed by atoms with Gasteiger partial charge in [0.25, 0.3) is 0 Å². The summed E-state index contributed by atoms with van der Waals surface area (Å²) in [5, 5.41) is 2.97. The van der Waals surface area contributed by atoms with Crippen LogP contribution in [0.15, 0.2) is 28.0 Å². The summed E-state index contributed by atoms with van der Waals surface area (Å²) in [5.41, 5.74) is 6.22. The van der Waals surface area contributed by atoms with Crippen LogP contribution in [0.5, 0.6) is 0 Å². The van der Waals surface area contributed by atoms with Crippen LogP contribution in [0.3, 0.4) is 0 Å². The first-order valence-corrected chi connectivity index (χ1v) is 6.39. The predicted octanol–water partition coefficient (Wildman–Crippen LogP) is 2.22. The molecule has 0 aliphatic rings. The molecule has 0 bridgehead atoms. The number of fused-ring (bicyclic) bond motifs is 1. The van der Waals surface area contributed by atoms with E-state index in [1.807, 2.05) is 30.5 Å². The number of benzene rings is 1. The van der Waals surface area contributed by atoms with Crippen LogP contribution in [0.25, 0.3) is 22.4 Å². The first-order chi connectivity index (χ1) is 8.76. The molecule has 0 atom stereocenters. The van der Waals surface area contributed by atoms with E-state index >= 15 is 0 Å². The van der Waals surface area contributed by atoms with E-state index < -0.39 is 0 Å². The van der Waals surface area contributed by atoms with Crippen LogP contribution >= 0.6 is 11.3 Å². The third kappa shape index (κ3) is 2.01. The topological polar surface area (TPSA) is 77.0 Å². The SMILES string of the molecule is Cc1nc2ccc(-c3csc(CNN)n3)cc2o1. The number of thiazole rings is 1. The Labute approximate surface area is 108 Å². The number of oxazole rings is 1. The van der Waals surface area contributed by atoms with Crippen molar-refractivity contribution in [3.8, 4) is 11.3 Å². The summed E-state index contributed by atoms with van der Waals surface area (Å²) in [6.45, 7) is 2.42. The van der Waals surface area contributed by atoms with Crippen molar-refractivity contribution in [2.45, 2.75) is 13.5 Å². The predicted molar refractivity (Wildman–Crippen MR) is 70.9 cm³/mol. The molecule has 0 saturated carbocycles. The summed E-state index contributed by atoms with van der Waals surface area (Å²) in [6, 6.07) is 5.91. The zero-order valence-electron chi connectivity index (χ0n) is 9.80. The van der Waals surface area contributed by atoms with Gasteiger partial charge >= 0.3 is 0 Å². The second kappa shape index (κ2) is 4.49. The fourth-order valence-electron chi connectivity index (χ4n) is 1.81. The number of hydrogen-bond acceptors (Lipinski definition) is 6. The maximum absolute atomic E-state index is 5.52. The number of aromatic nitrogens is 2. The van der Waals surface area contributed by atoms with Gasteiger partial charge in [-0.15, -0.1) is 11.3 Å². The number of nitrogens with one attached hydrogen (secondary N) is 1. The summed E-state index contributed by atoms with van der Waals surface area (Å²) in [7, 11) is 0. The summed E-state index contributed by atoms with van der Waals surface area (Å²) >= 11 is 1.58. The smallest absolute Gasteiger partial charge is 0.192 e. The first kappa shape index (κ1) is 11.3. The van der Waals surface area contributed by atoms with E-state index in [0.29, 0.717) is 12.4 Å². The molecule has 5 nitrogen and oxygen atoms in total. The number of aryl methyl sites for hydroxylation is 1. The highest BCUT2D eigenvalue weighted by Crippen LogP contribution is 2.26. The molecular weight excluding hydrogens is 248 g/mol. The Balaban J connectivity index is 2.01. The highest BCUT2D eigenvalue weighted by Gasteiger charge is 2.07. The maximum atomic E-state index is 5.52. The van der Waals surface area contributed by atoms with Crippen molar-refractivity contribution in [3.63, 3.8) is 0 Å². The molecule has 0 aliphatic heterocycles. The summed E-state index contributed by atoms with van der Waals surface area (Å²) < 4.78 is 5.52. The minimum atomic E-state index is 0.578. The third-order valence-electron chi connectivity index (χ3n) is 2.60. The number of hydrogen-bond donors (Lipinski definition) is 2. The Hall–Kier alpha value is -1.76. The van der Waals surface area contributed by atoms with E-state index in [2.05, 4.69) is 15.4 Å². The average Bonchev–Trinajstić information content (AvgIpc) is 2.93. The van der Waals surface area contributed by atoms with Crippen LogP contribution in [0.2, 0.25) is 0 Å². The number of nitrogens with zero attached hydrogens (tertiary/aromatic N) is 2. The number of rotatable bonds is 3. The molecule has 0 spiro atoms. The maximum Gasteiger partial charge on any atom is 0.192 e. The van der Waals surface area contributed by atoms with Gasteiger partial charge in [0.1, 0.15) is 10.5 Å². The fraction of sp³-hybridized carbons (Fsp3) is 0.167. The Morgan fingerprint density at radius 2 is 2.28 bits per heavy atom. The Bertz CT molecular complexity index is 688. The lowest BCUT2D eigenvalue weighted by atomic mass is 10.1. The van der Waals surface area contributed by atoms with E-state index in [9.17, 15) is 0 Å². The average molecular weight is 260 g/mol. The molecule has 0 fully saturated rings. The van der Waals surface area contributed by atoms with Crippen molar-refractivity contribution in [3.05, 3.63) is 34.5 Å². The second-order valence-electron chi connectivity index (χ2n) is 3.92. The van der Waals surface area contributed by atoms with Gasteiger partial charge in [0.2, 0.25) is 0 Å². The van der Waals surface area contributed by atoms with Crippen LogP contribution in [0.4, 0.5) is 0 Å². The third-order valence-corrected chi connectivity index (χ3v) is 3.44. The molecule has 0 aliphatic carbocycles. The van der Waals surface area contributed by atoms with Crippen molar-refractivity contribution >= 4 is 22.4 Å². The quantitative estimate of drug-likeness (QED) is 0.558. The van der Waals surface area contributed by atoms with E-state index in [-0.39, 0.29) is 0 Å². The van der Waals surface area contributed by atoms with Gasteiger partial charge in [-0.05, 0) is 12.1 Å². The first-order valence-electron chi connectivity index (χ1n) is 5.51. The highest BCUT2D eigenvalue weighted by molar-refractivity contribution is 7.09. The van der Waals surface area contributed by atoms with Gasteiger partial charge in [-0.3, -0.25) is 11.3 Å². The minimum Gasteiger partial charge on any atom is -0.441 e. The molecule has 3 aromatic rings. The molecule has 3 rings (SSSR count). The van der Waals surface area contributed by atoms with Crippen molar-refractivity contribution in [1.29, 1.82) is 0 Å². The van der Waals surface area contributed by atoms with Gasteiger partial charge in [0, 0.05) is 17.9 Å². The summed E-state index contributed by atoms with van der Waals surface area (Å²) in [5.74, 6) is 5.95. The molecule has 3 N–H and O–H groups in total. The van der Waals surface area contributed by atoms with Crippen LogP contribution in [-0.4, -0.2) is 9.97 Å². The fourth-order valence-corrected chi connectivity index (χ4v) is 2.57. The zero-order valence-corrected chi connectivity index (χ0v) is 10.6. The lowest BCUT2D eigenvalue weighted by molar-refractivity contribution is 0.561. The number of nitrogens with two attached hydrogens (primary N) is 1. The van der Waals surface area contributed by atoms with Gasteiger partial charge in [0.15, 0.2) is 11.5 Å². The van der Waals surface area contributed by atoms with E-state index in [1.54, 1.807) is 11.3 Å². The molecule has 0 unspecified atom stereocenters. The van der Waals surface area contributed by atoms with E-state index in [4.69, 9.17) is 10.3 Å². The summed E-state index contributed by atoms with van der Waals surface area (Å²) in [4.78, 5) is 8.77. The molecule has 0 saturated heterocycles. The van der Waals surface area contributed by atoms with Crippen molar-refractivity contribution in [1.82, 2.24) is 15.4 Å². The van der Waals surface area contributed by atoms with E-state index in [1.165, 1.54) is 0 Å². The lowest BCUT2D eigenvalue weighted by Gasteiger charge is -1.96. The zero-order chi connectivity index (χ0) is 12.5. The Morgan fingerprint density at radius 3 is 3.11 bits per heavy atom. The normalized spacial score (nSPS) is 11.2. The van der Waals surface area contributed by atoms with Crippen molar-refractivity contribution in [2.75, 3.05) is 0 Å². The molecular formula is C12H12N4OS. The van der Waals surface area contributed by atoms with Gasteiger partial charge in [-0.25, -0.2) is 9.97 Å². The molecule has 0 radical (unpaired) electrons. The van der Waals surface area contributed by atoms with Gasteiger partial charge < -0.3 is 4.42 Å². The molecule has 1 aromatic carbocycles. The van der Waals surface area contributed by atoms with Crippen LogP contribution in [0, 0.1) is 6.92 Å². The highest BCUT2D eigenvalue weighted by atomic mass is 32.1. The molecule has 6 heteroatoms. The summed E-state index contributed by atoms with van der Waals surface area (Å²) in [6.07, 6.45) is 0. The Kier molecular flexibility index (Phi) is 2.83. The molecule has 18 heavy (non-hydrogen) atoms. The van der Waals surface area contributed by atoms with Crippen molar-refractivity contribution in [2.24, 2.45) is 5.84 Å². The van der Waals surface area contributed by atoms with Gasteiger partial charge in [-0.1, -0.05) is 6.07 Å². The van der Waals surface area contributed by atoms with Crippen LogP contribution < -0.4 is 11.3 Å². The van der Waals surface area contributed by atoms with Crippen LogP contribution in [0.1, 0.15) is 10.9 Å². The largest absolute Gasteiger partial charge is 0.441 e. The monoisotopic (exact) mass is 260 g/mol. The van der Waals surface area contributed by atoms with Crippen LogP contribution in [-0.2, 0) is 6.54 Å². The lowest BCUT2D eigenvalue weighted by Crippen LogP contribution is -2.20. The standard InChI is InChI=1S/C12H12N4OS/c1-7-15-9-3-2-8(4-11(9)17-7)10-6-18-12(16-10)5-14-13/h2-4,6,14H,5,13H2,1H3. The molecule has 92 valence electrons. The van der Waals surface area contributed by atoms with Gasteiger partial charge in [0.05, 0.1) is 12.2 Å².